The molecule has 19 heavy (non-hydrogen) atoms. The third-order valence-electron chi connectivity index (χ3n) is 3.36. The van der Waals surface area contributed by atoms with Gasteiger partial charge in [0.15, 0.2) is 0 Å². The summed E-state index contributed by atoms with van der Waals surface area (Å²) in [6.07, 6.45) is 8.97. The first-order valence-corrected chi connectivity index (χ1v) is 6.60. The van der Waals surface area contributed by atoms with E-state index in [2.05, 4.69) is 15.3 Å². The van der Waals surface area contributed by atoms with Crippen LogP contribution in [0.5, 0.6) is 5.88 Å². The Morgan fingerprint density at radius 1 is 1.32 bits per heavy atom. The summed E-state index contributed by atoms with van der Waals surface area (Å²) in [6, 6.07) is 1.86. The van der Waals surface area contributed by atoms with Crippen molar-refractivity contribution in [3.8, 4) is 17.1 Å². The van der Waals surface area contributed by atoms with Gasteiger partial charge in [0, 0.05) is 5.56 Å². The van der Waals surface area contributed by atoms with E-state index in [-0.39, 0.29) is 0 Å². The molecular formula is C14H17N3O2. The van der Waals surface area contributed by atoms with E-state index in [0.717, 1.165) is 37.2 Å². The summed E-state index contributed by atoms with van der Waals surface area (Å²) in [4.78, 5) is 8.60. The lowest BCUT2D eigenvalue weighted by Crippen LogP contribution is -2.30. The lowest BCUT2D eigenvalue weighted by Gasteiger charge is -2.22. The molecule has 1 N–H and O–H groups in total. The average molecular weight is 259 g/mol. The zero-order valence-electron chi connectivity index (χ0n) is 10.7. The third-order valence-corrected chi connectivity index (χ3v) is 3.36. The standard InChI is InChI=1S/C14H17N3O2/c1-4-15-5-2-11(1)9-19-14-8-16-7-13(17-14)12-3-6-18-10-12/h3,6-8,10-11,15H,1-2,4-5,9H2. The van der Waals surface area contributed by atoms with Crippen molar-refractivity contribution in [1.29, 1.82) is 0 Å². The highest BCUT2D eigenvalue weighted by molar-refractivity contribution is 5.56. The third kappa shape index (κ3) is 3.12. The highest BCUT2D eigenvalue weighted by atomic mass is 16.5. The van der Waals surface area contributed by atoms with Crippen LogP contribution in [0.4, 0.5) is 0 Å². The van der Waals surface area contributed by atoms with E-state index in [1.54, 1.807) is 24.9 Å². The first kappa shape index (κ1) is 12.2. The van der Waals surface area contributed by atoms with Crippen LogP contribution in [0.2, 0.25) is 0 Å². The minimum Gasteiger partial charge on any atom is -0.476 e. The minimum atomic E-state index is 0.581. The van der Waals surface area contributed by atoms with Crippen LogP contribution in [0.25, 0.3) is 11.3 Å². The van der Waals surface area contributed by atoms with E-state index in [1.807, 2.05) is 6.07 Å². The van der Waals surface area contributed by atoms with Crippen LogP contribution >= 0.6 is 0 Å². The Bertz CT molecular complexity index is 507. The molecule has 0 amide bonds. The predicted molar refractivity (Wildman–Crippen MR) is 70.8 cm³/mol. The normalized spacial score (nSPS) is 16.4. The van der Waals surface area contributed by atoms with Gasteiger partial charge in [-0.25, -0.2) is 4.98 Å². The molecule has 0 aliphatic carbocycles. The van der Waals surface area contributed by atoms with Crippen molar-refractivity contribution in [1.82, 2.24) is 15.3 Å². The number of hydrogen-bond acceptors (Lipinski definition) is 5. The Hall–Kier alpha value is -1.88. The Labute approximate surface area is 112 Å². The number of ether oxygens (including phenoxy) is 1. The molecule has 0 spiro atoms. The summed E-state index contributed by atoms with van der Waals surface area (Å²) in [5.41, 5.74) is 1.69. The van der Waals surface area contributed by atoms with Crippen molar-refractivity contribution in [2.24, 2.45) is 5.92 Å². The van der Waals surface area contributed by atoms with Gasteiger partial charge in [0.05, 0.1) is 37.2 Å². The molecule has 5 heteroatoms. The molecule has 0 atom stereocenters. The number of hydrogen-bond donors (Lipinski definition) is 1. The number of nitrogens with one attached hydrogen (secondary N) is 1. The second-order valence-electron chi connectivity index (χ2n) is 4.76. The topological polar surface area (TPSA) is 60.2 Å². The molecule has 1 saturated heterocycles. The Balaban J connectivity index is 1.63. The first-order valence-electron chi connectivity index (χ1n) is 6.60. The smallest absolute Gasteiger partial charge is 0.232 e. The number of rotatable bonds is 4. The van der Waals surface area contributed by atoms with E-state index in [9.17, 15) is 0 Å². The van der Waals surface area contributed by atoms with Crippen LogP contribution in [-0.2, 0) is 0 Å². The predicted octanol–water partition coefficient (Wildman–Crippen LogP) is 2.11. The van der Waals surface area contributed by atoms with Crippen LogP contribution in [0, 0.1) is 5.92 Å². The number of nitrogens with zero attached hydrogens (tertiary/aromatic N) is 2. The van der Waals surface area contributed by atoms with Crippen molar-refractivity contribution >= 4 is 0 Å². The Kier molecular flexibility index (Phi) is 3.74. The van der Waals surface area contributed by atoms with Crippen molar-refractivity contribution in [3.63, 3.8) is 0 Å². The molecule has 100 valence electrons. The fourth-order valence-corrected chi connectivity index (χ4v) is 2.22. The zero-order chi connectivity index (χ0) is 12.9. The summed E-state index contributed by atoms with van der Waals surface area (Å²) >= 11 is 0. The highest BCUT2D eigenvalue weighted by Crippen LogP contribution is 2.19. The van der Waals surface area contributed by atoms with E-state index in [1.165, 1.54) is 0 Å². The maximum atomic E-state index is 5.75. The van der Waals surface area contributed by atoms with Crippen LogP contribution in [0.1, 0.15) is 12.8 Å². The number of piperidine rings is 1. The van der Waals surface area contributed by atoms with Gasteiger partial charge in [-0.15, -0.1) is 0 Å². The molecule has 3 rings (SSSR count). The largest absolute Gasteiger partial charge is 0.476 e. The average Bonchev–Trinajstić information content (AvgIpc) is 3.01. The maximum absolute atomic E-state index is 5.75. The van der Waals surface area contributed by atoms with Crippen molar-refractivity contribution in [2.45, 2.75) is 12.8 Å². The molecule has 2 aromatic heterocycles. The van der Waals surface area contributed by atoms with Crippen LogP contribution < -0.4 is 10.1 Å². The molecule has 1 aliphatic heterocycles. The van der Waals surface area contributed by atoms with Crippen molar-refractivity contribution in [2.75, 3.05) is 19.7 Å². The monoisotopic (exact) mass is 259 g/mol. The van der Waals surface area contributed by atoms with E-state index in [0.29, 0.717) is 18.4 Å². The van der Waals surface area contributed by atoms with Crippen molar-refractivity contribution < 1.29 is 9.15 Å². The fourth-order valence-electron chi connectivity index (χ4n) is 2.22. The molecule has 0 unspecified atom stereocenters. The van der Waals surface area contributed by atoms with Gasteiger partial charge in [-0.1, -0.05) is 0 Å². The summed E-state index contributed by atoms with van der Waals surface area (Å²) in [5.74, 6) is 1.19. The molecule has 0 aromatic carbocycles. The molecule has 2 aromatic rings. The molecule has 0 radical (unpaired) electrons. The maximum Gasteiger partial charge on any atom is 0.232 e. The van der Waals surface area contributed by atoms with Gasteiger partial charge in [0.1, 0.15) is 0 Å². The van der Waals surface area contributed by atoms with E-state index in [4.69, 9.17) is 9.15 Å². The molecular weight excluding hydrogens is 242 g/mol. The molecule has 1 fully saturated rings. The van der Waals surface area contributed by atoms with Gasteiger partial charge in [-0.2, -0.15) is 0 Å². The number of aromatic nitrogens is 2. The second kappa shape index (κ2) is 5.84. The second-order valence-corrected chi connectivity index (χ2v) is 4.76. The summed E-state index contributed by atoms with van der Waals surface area (Å²) in [6.45, 7) is 2.87. The molecule has 5 nitrogen and oxygen atoms in total. The number of furan rings is 1. The van der Waals surface area contributed by atoms with Gasteiger partial charge in [-0.3, -0.25) is 4.98 Å². The Morgan fingerprint density at radius 2 is 2.21 bits per heavy atom. The quantitative estimate of drug-likeness (QED) is 0.911. The summed E-state index contributed by atoms with van der Waals surface area (Å²) in [7, 11) is 0. The van der Waals surface area contributed by atoms with Gasteiger partial charge in [0.2, 0.25) is 5.88 Å². The molecule has 0 bridgehead atoms. The molecule has 1 aliphatic rings. The van der Waals surface area contributed by atoms with Gasteiger partial charge < -0.3 is 14.5 Å². The first-order chi connectivity index (χ1) is 9.42. The van der Waals surface area contributed by atoms with Gasteiger partial charge in [-0.05, 0) is 37.9 Å². The lowest BCUT2D eigenvalue weighted by atomic mass is 9.99. The summed E-state index contributed by atoms with van der Waals surface area (Å²) in [5, 5.41) is 3.35. The SMILES string of the molecule is c1cc(-c2cncc(OCC3CCNCC3)n2)co1. The Morgan fingerprint density at radius 3 is 3.00 bits per heavy atom. The molecule has 3 heterocycles. The zero-order valence-corrected chi connectivity index (χ0v) is 10.7. The van der Waals surface area contributed by atoms with Gasteiger partial charge >= 0.3 is 0 Å². The van der Waals surface area contributed by atoms with Gasteiger partial charge in [0.25, 0.3) is 0 Å². The van der Waals surface area contributed by atoms with Crippen LogP contribution in [0.15, 0.2) is 35.4 Å². The fraction of sp³-hybridized carbons (Fsp3) is 0.429. The summed E-state index contributed by atoms with van der Waals surface area (Å²) < 4.78 is 10.8. The van der Waals surface area contributed by atoms with E-state index >= 15 is 0 Å². The van der Waals surface area contributed by atoms with E-state index < -0.39 is 0 Å². The molecule has 0 saturated carbocycles. The minimum absolute atomic E-state index is 0.581. The van der Waals surface area contributed by atoms with Crippen molar-refractivity contribution in [3.05, 3.63) is 31.0 Å². The van der Waals surface area contributed by atoms with Crippen LogP contribution in [0.3, 0.4) is 0 Å². The highest BCUT2D eigenvalue weighted by Gasteiger charge is 2.14. The van der Waals surface area contributed by atoms with Crippen LogP contribution in [-0.4, -0.2) is 29.7 Å². The lowest BCUT2D eigenvalue weighted by molar-refractivity contribution is 0.208.